The van der Waals surface area contributed by atoms with E-state index in [4.69, 9.17) is 4.74 Å². The van der Waals surface area contributed by atoms with E-state index in [0.717, 1.165) is 58.0 Å². The van der Waals surface area contributed by atoms with Gasteiger partial charge in [-0.25, -0.2) is 0 Å². The van der Waals surface area contributed by atoms with E-state index in [1.54, 1.807) is 7.11 Å². The highest BCUT2D eigenvalue weighted by Crippen LogP contribution is 2.41. The van der Waals surface area contributed by atoms with Crippen molar-refractivity contribution in [3.63, 3.8) is 0 Å². The topological polar surface area (TPSA) is 41.6 Å². The molecule has 1 amide bonds. The molecule has 1 N–H and O–H groups in total. The molecule has 0 spiro atoms. The fraction of sp³-hybridized carbons (Fsp3) is 0.560. The van der Waals surface area contributed by atoms with Crippen molar-refractivity contribution < 1.29 is 9.53 Å². The number of hydrogen-bond acceptors (Lipinski definition) is 3. The summed E-state index contributed by atoms with van der Waals surface area (Å²) in [6.07, 6.45) is 6.93. The predicted molar refractivity (Wildman–Crippen MR) is 118 cm³/mol. The summed E-state index contributed by atoms with van der Waals surface area (Å²) in [5, 5.41) is 5.94. The number of carbonyl (C=O) groups excluding carboxylic acids is 1. The quantitative estimate of drug-likeness (QED) is 0.828. The zero-order valence-electron chi connectivity index (χ0n) is 17.8. The predicted octanol–water partition coefficient (Wildman–Crippen LogP) is 4.17. The Kier molecular flexibility index (Phi) is 6.21. The summed E-state index contributed by atoms with van der Waals surface area (Å²) in [4.78, 5) is 15.9. The Hall–Kier alpha value is -1.91. The van der Waals surface area contributed by atoms with Crippen molar-refractivity contribution in [2.45, 2.75) is 57.1 Å². The number of benzene rings is 2. The number of nitrogens with zero attached hydrogens (tertiary/aromatic N) is 1. The standard InChI is InChI=1S/C25H34N2O2/c1-27-15-11-22(12-16-27)26-24(28)25(13-9-23(29-2)10-14-25)18-19-7-8-20-5-3-4-6-21(20)17-19/h3-8,17,22-23H,9-16,18H2,1-2H3,(H,26,28). The first-order valence-electron chi connectivity index (χ1n) is 11.1. The molecule has 4 heteroatoms. The zero-order chi connectivity index (χ0) is 20.3. The van der Waals surface area contributed by atoms with Crippen LogP contribution < -0.4 is 5.32 Å². The molecule has 1 aliphatic heterocycles. The van der Waals surface area contributed by atoms with Crippen LogP contribution in [0.4, 0.5) is 0 Å². The average Bonchev–Trinajstić information content (AvgIpc) is 2.76. The van der Waals surface area contributed by atoms with Gasteiger partial charge in [-0.15, -0.1) is 0 Å². The number of ether oxygens (including phenoxy) is 1. The van der Waals surface area contributed by atoms with Crippen molar-refractivity contribution in [1.82, 2.24) is 10.2 Å². The van der Waals surface area contributed by atoms with Crippen LogP contribution in [0.2, 0.25) is 0 Å². The number of likely N-dealkylation sites (tertiary alicyclic amines) is 1. The van der Waals surface area contributed by atoms with Crippen molar-refractivity contribution in [1.29, 1.82) is 0 Å². The Balaban J connectivity index is 1.54. The lowest BCUT2D eigenvalue weighted by Gasteiger charge is -2.40. The molecule has 4 nitrogen and oxygen atoms in total. The molecular formula is C25H34N2O2. The molecule has 156 valence electrons. The molecule has 2 aromatic rings. The van der Waals surface area contributed by atoms with E-state index >= 15 is 0 Å². The maximum absolute atomic E-state index is 13.6. The third kappa shape index (κ3) is 4.65. The SMILES string of the molecule is COC1CCC(Cc2ccc3ccccc3c2)(C(=O)NC2CCN(C)CC2)CC1. The molecule has 2 aromatic carbocycles. The minimum Gasteiger partial charge on any atom is -0.381 e. The Morgan fingerprint density at radius 1 is 1.07 bits per heavy atom. The number of hydrogen-bond donors (Lipinski definition) is 1. The van der Waals surface area contributed by atoms with Crippen molar-refractivity contribution in [3.05, 3.63) is 48.0 Å². The molecule has 2 aliphatic rings. The first-order chi connectivity index (χ1) is 14.1. The lowest BCUT2D eigenvalue weighted by atomic mass is 9.68. The van der Waals surface area contributed by atoms with Crippen LogP contribution in [0.1, 0.15) is 44.1 Å². The van der Waals surface area contributed by atoms with E-state index in [2.05, 4.69) is 59.7 Å². The molecule has 0 aromatic heterocycles. The number of methoxy groups -OCH3 is 1. The third-order valence-electron chi connectivity index (χ3n) is 7.11. The van der Waals surface area contributed by atoms with Gasteiger partial charge >= 0.3 is 0 Å². The second-order valence-corrected chi connectivity index (χ2v) is 9.12. The second kappa shape index (κ2) is 8.85. The van der Waals surface area contributed by atoms with E-state index < -0.39 is 0 Å². The molecule has 1 saturated heterocycles. The van der Waals surface area contributed by atoms with Gasteiger partial charge < -0.3 is 15.0 Å². The summed E-state index contributed by atoms with van der Waals surface area (Å²) < 4.78 is 5.60. The number of fused-ring (bicyclic) bond motifs is 1. The van der Waals surface area contributed by atoms with Crippen LogP contribution in [0.25, 0.3) is 10.8 Å². The van der Waals surface area contributed by atoms with Gasteiger partial charge in [0.15, 0.2) is 0 Å². The summed E-state index contributed by atoms with van der Waals surface area (Å²) in [5.74, 6) is 0.259. The van der Waals surface area contributed by atoms with Crippen LogP contribution in [-0.2, 0) is 16.0 Å². The van der Waals surface area contributed by atoms with Crippen LogP contribution in [0.15, 0.2) is 42.5 Å². The van der Waals surface area contributed by atoms with Crippen molar-refractivity contribution in [2.75, 3.05) is 27.2 Å². The summed E-state index contributed by atoms with van der Waals surface area (Å²) in [6.45, 7) is 2.13. The van der Waals surface area contributed by atoms with Crippen LogP contribution in [-0.4, -0.2) is 50.2 Å². The van der Waals surface area contributed by atoms with Crippen LogP contribution >= 0.6 is 0 Å². The van der Waals surface area contributed by atoms with E-state index in [1.165, 1.54) is 16.3 Å². The summed E-state index contributed by atoms with van der Waals surface area (Å²) in [7, 11) is 3.95. The highest BCUT2D eigenvalue weighted by Gasteiger charge is 2.42. The number of nitrogens with one attached hydrogen (secondary N) is 1. The second-order valence-electron chi connectivity index (χ2n) is 9.12. The summed E-state index contributed by atoms with van der Waals surface area (Å²) in [5.41, 5.74) is 0.944. The lowest BCUT2D eigenvalue weighted by molar-refractivity contribution is -0.135. The van der Waals surface area contributed by atoms with Crippen LogP contribution in [0.5, 0.6) is 0 Å². The summed E-state index contributed by atoms with van der Waals surface area (Å²) >= 11 is 0. The average molecular weight is 395 g/mol. The Bertz CT molecular complexity index is 834. The maximum atomic E-state index is 13.6. The Labute approximate surface area is 174 Å². The highest BCUT2D eigenvalue weighted by molar-refractivity contribution is 5.85. The van der Waals surface area contributed by atoms with Gasteiger partial charge in [-0.2, -0.15) is 0 Å². The molecule has 0 bridgehead atoms. The van der Waals surface area contributed by atoms with Gasteiger partial charge in [-0.1, -0.05) is 42.5 Å². The minimum atomic E-state index is -0.319. The Morgan fingerprint density at radius 2 is 1.76 bits per heavy atom. The van der Waals surface area contributed by atoms with E-state index in [9.17, 15) is 4.79 Å². The third-order valence-corrected chi connectivity index (χ3v) is 7.11. The molecule has 1 aliphatic carbocycles. The smallest absolute Gasteiger partial charge is 0.226 e. The van der Waals surface area contributed by atoms with Crippen molar-refractivity contribution in [2.24, 2.45) is 5.41 Å². The number of amides is 1. The molecule has 1 saturated carbocycles. The minimum absolute atomic E-state index is 0.259. The fourth-order valence-corrected chi connectivity index (χ4v) is 5.09. The zero-order valence-corrected chi connectivity index (χ0v) is 17.8. The molecule has 29 heavy (non-hydrogen) atoms. The van der Waals surface area contributed by atoms with Crippen LogP contribution in [0.3, 0.4) is 0 Å². The van der Waals surface area contributed by atoms with Crippen molar-refractivity contribution in [3.8, 4) is 0 Å². The maximum Gasteiger partial charge on any atom is 0.226 e. The molecule has 0 atom stereocenters. The fourth-order valence-electron chi connectivity index (χ4n) is 5.09. The largest absolute Gasteiger partial charge is 0.381 e. The van der Waals surface area contributed by atoms with E-state index in [0.29, 0.717) is 6.04 Å². The van der Waals surface area contributed by atoms with Gasteiger partial charge in [0.1, 0.15) is 0 Å². The normalized spacial score (nSPS) is 26.5. The number of piperidine rings is 1. The van der Waals surface area contributed by atoms with Gasteiger partial charge in [0.05, 0.1) is 11.5 Å². The molecule has 1 heterocycles. The van der Waals surface area contributed by atoms with E-state index in [1.807, 2.05) is 0 Å². The molecule has 4 rings (SSSR count). The van der Waals surface area contributed by atoms with Gasteiger partial charge in [0.25, 0.3) is 0 Å². The van der Waals surface area contributed by atoms with Crippen LogP contribution in [0, 0.1) is 5.41 Å². The molecular weight excluding hydrogens is 360 g/mol. The lowest BCUT2D eigenvalue weighted by Crippen LogP contribution is -2.51. The van der Waals surface area contributed by atoms with Gasteiger partial charge in [0, 0.05) is 13.2 Å². The molecule has 0 radical (unpaired) electrons. The van der Waals surface area contributed by atoms with E-state index in [-0.39, 0.29) is 17.4 Å². The van der Waals surface area contributed by atoms with Gasteiger partial charge in [0.2, 0.25) is 5.91 Å². The van der Waals surface area contributed by atoms with Crippen molar-refractivity contribution >= 4 is 16.7 Å². The number of carbonyl (C=O) groups is 1. The summed E-state index contributed by atoms with van der Waals surface area (Å²) in [6, 6.07) is 15.4. The monoisotopic (exact) mass is 394 g/mol. The Morgan fingerprint density at radius 3 is 2.45 bits per heavy atom. The van der Waals surface area contributed by atoms with Gasteiger partial charge in [-0.3, -0.25) is 4.79 Å². The first kappa shape index (κ1) is 20.4. The molecule has 0 unspecified atom stereocenters. The first-order valence-corrected chi connectivity index (χ1v) is 11.1. The molecule has 2 fully saturated rings. The highest BCUT2D eigenvalue weighted by atomic mass is 16.5. The number of rotatable bonds is 5. The van der Waals surface area contributed by atoms with Gasteiger partial charge in [-0.05, 0) is 81.4 Å².